The van der Waals surface area contributed by atoms with E-state index in [9.17, 15) is 4.39 Å². The number of nitrogens with zero attached hydrogens (tertiary/aromatic N) is 1. The Morgan fingerprint density at radius 1 is 1.26 bits per heavy atom. The van der Waals surface area contributed by atoms with Gasteiger partial charge in [0.05, 0.1) is 0 Å². The fourth-order valence-corrected chi connectivity index (χ4v) is 3.08. The molecule has 0 saturated heterocycles. The molecule has 0 atom stereocenters. The number of halogens is 1. The van der Waals surface area contributed by atoms with Gasteiger partial charge in [-0.3, -0.25) is 0 Å². The van der Waals surface area contributed by atoms with Crippen LogP contribution in [0.2, 0.25) is 0 Å². The quantitative estimate of drug-likeness (QED) is 0.842. The maximum Gasteiger partial charge on any atom is 0.123 e. The first-order valence-corrected chi connectivity index (χ1v) is 7.52. The van der Waals surface area contributed by atoms with E-state index >= 15 is 0 Å². The Balaban J connectivity index is 2.24. The van der Waals surface area contributed by atoms with Crippen molar-refractivity contribution in [2.45, 2.75) is 52.1 Å². The molecule has 0 aromatic heterocycles. The number of rotatable bonds is 6. The molecule has 0 spiro atoms. The monoisotopic (exact) mass is 264 g/mol. The van der Waals surface area contributed by atoms with Crippen LogP contribution < -0.4 is 10.2 Å². The third-order valence-electron chi connectivity index (χ3n) is 4.02. The van der Waals surface area contributed by atoms with E-state index in [0.29, 0.717) is 6.04 Å². The minimum absolute atomic E-state index is 0.140. The molecule has 0 radical (unpaired) electrons. The zero-order valence-corrected chi connectivity index (χ0v) is 12.1. The van der Waals surface area contributed by atoms with E-state index in [0.717, 1.165) is 25.2 Å². The van der Waals surface area contributed by atoms with Crippen LogP contribution in [0, 0.1) is 5.82 Å². The Hall–Kier alpha value is -1.09. The van der Waals surface area contributed by atoms with Crippen LogP contribution in [0.3, 0.4) is 0 Å². The fourth-order valence-electron chi connectivity index (χ4n) is 3.08. The molecular formula is C16H25FN2. The first-order chi connectivity index (χ1) is 9.26. The maximum atomic E-state index is 13.5. The van der Waals surface area contributed by atoms with Gasteiger partial charge in [-0.25, -0.2) is 4.39 Å². The summed E-state index contributed by atoms with van der Waals surface area (Å²) in [6.07, 6.45) is 5.19. The van der Waals surface area contributed by atoms with Gasteiger partial charge in [0.15, 0.2) is 0 Å². The second-order valence-corrected chi connectivity index (χ2v) is 5.28. The highest BCUT2D eigenvalue weighted by Crippen LogP contribution is 2.30. The summed E-state index contributed by atoms with van der Waals surface area (Å²) in [5.74, 6) is -0.140. The number of anilines is 1. The van der Waals surface area contributed by atoms with Crippen LogP contribution in [0.4, 0.5) is 10.1 Å². The molecule has 0 amide bonds. The van der Waals surface area contributed by atoms with E-state index in [1.165, 1.54) is 31.4 Å². The summed E-state index contributed by atoms with van der Waals surface area (Å²) in [4.78, 5) is 2.46. The molecular weight excluding hydrogens is 239 g/mol. The van der Waals surface area contributed by atoms with Gasteiger partial charge in [-0.15, -0.1) is 0 Å². The lowest BCUT2D eigenvalue weighted by molar-refractivity contribution is 0.603. The van der Waals surface area contributed by atoms with E-state index in [-0.39, 0.29) is 5.82 Å². The third kappa shape index (κ3) is 3.47. The second-order valence-electron chi connectivity index (χ2n) is 5.28. The largest absolute Gasteiger partial charge is 0.369 e. The van der Waals surface area contributed by atoms with Crippen LogP contribution >= 0.6 is 0 Å². The van der Waals surface area contributed by atoms with Crippen molar-refractivity contribution in [3.8, 4) is 0 Å². The highest BCUT2D eigenvalue weighted by molar-refractivity contribution is 5.54. The Morgan fingerprint density at radius 2 is 2.00 bits per heavy atom. The number of benzene rings is 1. The molecule has 1 aromatic carbocycles. The molecule has 0 aliphatic heterocycles. The van der Waals surface area contributed by atoms with E-state index < -0.39 is 0 Å². The van der Waals surface area contributed by atoms with Crippen molar-refractivity contribution in [1.29, 1.82) is 0 Å². The lowest BCUT2D eigenvalue weighted by Gasteiger charge is -2.32. The summed E-state index contributed by atoms with van der Waals surface area (Å²) < 4.78 is 13.5. The van der Waals surface area contributed by atoms with Gasteiger partial charge < -0.3 is 10.2 Å². The molecule has 3 heteroatoms. The number of hydrogen-bond acceptors (Lipinski definition) is 2. The lowest BCUT2D eigenvalue weighted by Crippen LogP contribution is -2.34. The second kappa shape index (κ2) is 6.90. The van der Waals surface area contributed by atoms with Crippen molar-refractivity contribution in [3.63, 3.8) is 0 Å². The van der Waals surface area contributed by atoms with E-state index in [2.05, 4.69) is 24.1 Å². The average Bonchev–Trinajstić information content (AvgIpc) is 2.93. The smallest absolute Gasteiger partial charge is 0.123 e. The van der Waals surface area contributed by atoms with Crippen LogP contribution in [0.1, 0.15) is 45.1 Å². The highest BCUT2D eigenvalue weighted by atomic mass is 19.1. The minimum atomic E-state index is -0.140. The van der Waals surface area contributed by atoms with E-state index in [1.807, 2.05) is 6.07 Å². The number of nitrogens with one attached hydrogen (secondary N) is 1. The molecule has 1 aromatic rings. The van der Waals surface area contributed by atoms with E-state index in [1.54, 1.807) is 12.1 Å². The molecule has 1 aliphatic carbocycles. The summed E-state index contributed by atoms with van der Waals surface area (Å²) in [5.41, 5.74) is 2.28. The molecule has 2 nitrogen and oxygen atoms in total. The molecule has 19 heavy (non-hydrogen) atoms. The normalized spacial score (nSPS) is 15.9. The Bertz CT molecular complexity index is 400. The molecule has 1 N–H and O–H groups in total. The molecule has 0 bridgehead atoms. The predicted octanol–water partition coefficient (Wildman–Crippen LogP) is 3.70. The zero-order valence-electron chi connectivity index (χ0n) is 12.1. The van der Waals surface area contributed by atoms with Gasteiger partial charge >= 0.3 is 0 Å². The van der Waals surface area contributed by atoms with Gasteiger partial charge in [-0.1, -0.05) is 19.8 Å². The van der Waals surface area contributed by atoms with Gasteiger partial charge in [-0.05, 0) is 50.1 Å². The minimum Gasteiger partial charge on any atom is -0.369 e. The van der Waals surface area contributed by atoms with Crippen molar-refractivity contribution in [2.75, 3.05) is 18.0 Å². The van der Waals surface area contributed by atoms with Gasteiger partial charge in [-0.2, -0.15) is 0 Å². The first kappa shape index (κ1) is 14.3. The topological polar surface area (TPSA) is 15.3 Å². The van der Waals surface area contributed by atoms with Crippen LogP contribution in [-0.4, -0.2) is 19.1 Å². The zero-order chi connectivity index (χ0) is 13.7. The maximum absolute atomic E-state index is 13.5. The first-order valence-electron chi connectivity index (χ1n) is 7.52. The Morgan fingerprint density at radius 3 is 2.63 bits per heavy atom. The highest BCUT2D eigenvalue weighted by Gasteiger charge is 2.23. The number of hydrogen-bond donors (Lipinski definition) is 1. The van der Waals surface area contributed by atoms with Crippen LogP contribution in [0.5, 0.6) is 0 Å². The molecule has 106 valence electrons. The summed E-state index contributed by atoms with van der Waals surface area (Å²) in [6.45, 7) is 6.92. The van der Waals surface area contributed by atoms with Gasteiger partial charge in [0.2, 0.25) is 0 Å². The summed E-state index contributed by atoms with van der Waals surface area (Å²) >= 11 is 0. The molecule has 2 rings (SSSR count). The van der Waals surface area contributed by atoms with E-state index in [4.69, 9.17) is 0 Å². The molecule has 0 unspecified atom stereocenters. The van der Waals surface area contributed by atoms with Crippen LogP contribution in [0.25, 0.3) is 0 Å². The molecule has 0 heterocycles. The van der Waals surface area contributed by atoms with Crippen molar-refractivity contribution in [1.82, 2.24) is 5.32 Å². The third-order valence-corrected chi connectivity index (χ3v) is 4.02. The summed E-state index contributed by atoms with van der Waals surface area (Å²) in [5, 5.41) is 3.31. The molecule has 1 aliphatic rings. The fraction of sp³-hybridized carbons (Fsp3) is 0.625. The van der Waals surface area contributed by atoms with Crippen molar-refractivity contribution < 1.29 is 4.39 Å². The Labute approximate surface area is 116 Å². The van der Waals surface area contributed by atoms with Crippen LogP contribution in [0.15, 0.2) is 18.2 Å². The van der Waals surface area contributed by atoms with Crippen molar-refractivity contribution in [3.05, 3.63) is 29.6 Å². The molecule has 1 saturated carbocycles. The van der Waals surface area contributed by atoms with Crippen LogP contribution in [-0.2, 0) is 6.54 Å². The Kier molecular flexibility index (Phi) is 5.20. The van der Waals surface area contributed by atoms with Crippen molar-refractivity contribution >= 4 is 5.69 Å². The van der Waals surface area contributed by atoms with Gasteiger partial charge in [0.1, 0.15) is 5.82 Å². The lowest BCUT2D eigenvalue weighted by atomic mass is 10.1. The SMILES string of the molecule is CCNCc1cc(F)ccc1N(CC)C1CCCC1. The average molecular weight is 264 g/mol. The van der Waals surface area contributed by atoms with Gasteiger partial charge in [0, 0.05) is 24.8 Å². The predicted molar refractivity (Wildman–Crippen MR) is 79.1 cm³/mol. The summed E-state index contributed by atoms with van der Waals surface area (Å²) in [6, 6.07) is 5.85. The molecule has 1 fully saturated rings. The van der Waals surface area contributed by atoms with Gasteiger partial charge in [0.25, 0.3) is 0 Å². The van der Waals surface area contributed by atoms with Crippen molar-refractivity contribution in [2.24, 2.45) is 0 Å². The summed E-state index contributed by atoms with van der Waals surface area (Å²) in [7, 11) is 0. The standard InChI is InChI=1S/C16H25FN2/c1-3-18-12-13-11-14(17)9-10-16(13)19(4-2)15-7-5-6-8-15/h9-11,15,18H,3-8,12H2,1-2H3.